The highest BCUT2D eigenvalue weighted by molar-refractivity contribution is 6.35. The van der Waals surface area contributed by atoms with Gasteiger partial charge in [0.2, 0.25) is 17.6 Å². The molecular weight excluding hydrogens is 326 g/mol. The lowest BCUT2D eigenvalue weighted by Gasteiger charge is -2.09. The van der Waals surface area contributed by atoms with E-state index < -0.39 is 17.7 Å². The first-order chi connectivity index (χ1) is 12.0. The number of hydrogen-bond donors (Lipinski definition) is 3. The molecule has 0 aliphatic rings. The molecule has 132 valence electrons. The Bertz CT molecular complexity index is 742. The minimum absolute atomic E-state index is 0.0164. The molecule has 1 aromatic carbocycles. The van der Waals surface area contributed by atoms with Crippen molar-refractivity contribution >= 4 is 17.7 Å². The fourth-order valence-electron chi connectivity index (χ4n) is 1.85. The van der Waals surface area contributed by atoms with Gasteiger partial charge in [0, 0.05) is 24.4 Å². The second-order valence-corrected chi connectivity index (χ2v) is 5.51. The van der Waals surface area contributed by atoms with Crippen LogP contribution in [0.5, 0.6) is 0 Å². The lowest BCUT2D eigenvalue weighted by Crippen LogP contribution is -2.49. The van der Waals surface area contributed by atoms with E-state index in [9.17, 15) is 14.4 Å². The van der Waals surface area contributed by atoms with Crippen LogP contribution in [-0.2, 0) is 20.8 Å². The number of rotatable bonds is 5. The molecule has 0 unspecified atom stereocenters. The van der Waals surface area contributed by atoms with Gasteiger partial charge in [0.25, 0.3) is 0 Å². The predicted octanol–water partition coefficient (Wildman–Crippen LogP) is 0.341. The first kappa shape index (κ1) is 18.1. The van der Waals surface area contributed by atoms with Crippen molar-refractivity contribution in [3.8, 4) is 11.4 Å². The topological polar surface area (TPSA) is 126 Å². The summed E-state index contributed by atoms with van der Waals surface area (Å²) in [5, 5.41) is 6.26. The summed E-state index contributed by atoms with van der Waals surface area (Å²) in [6.07, 6.45) is 0.224. The standard InChI is InChI=1S/C16H19N5O4/c1-10(2)17-15(23)16(24)20-19-12(22)8-9-13-18-14(21-25-13)11-6-4-3-5-7-11/h3-7,10H,8-9H2,1-2H3,(H,17,23)(H,19,22)(H,20,24). The van der Waals surface area contributed by atoms with Crippen LogP contribution in [0.2, 0.25) is 0 Å². The largest absolute Gasteiger partial charge is 0.346 e. The molecule has 9 nitrogen and oxygen atoms in total. The smallest absolute Gasteiger partial charge is 0.327 e. The summed E-state index contributed by atoms with van der Waals surface area (Å²) in [5.74, 6) is -1.50. The van der Waals surface area contributed by atoms with Crippen LogP contribution in [0.1, 0.15) is 26.2 Å². The van der Waals surface area contributed by atoms with Crippen molar-refractivity contribution in [2.75, 3.05) is 0 Å². The van der Waals surface area contributed by atoms with Crippen molar-refractivity contribution in [1.82, 2.24) is 26.3 Å². The van der Waals surface area contributed by atoms with Gasteiger partial charge < -0.3 is 9.84 Å². The second-order valence-electron chi connectivity index (χ2n) is 5.51. The molecule has 25 heavy (non-hydrogen) atoms. The normalized spacial score (nSPS) is 10.4. The number of carbonyl (C=O) groups excluding carboxylic acids is 3. The van der Waals surface area contributed by atoms with Crippen molar-refractivity contribution in [1.29, 1.82) is 0 Å². The van der Waals surface area contributed by atoms with Gasteiger partial charge in [0.05, 0.1) is 0 Å². The highest BCUT2D eigenvalue weighted by Gasteiger charge is 2.15. The van der Waals surface area contributed by atoms with Crippen LogP contribution in [0.3, 0.4) is 0 Å². The van der Waals surface area contributed by atoms with Crippen molar-refractivity contribution in [3.05, 3.63) is 36.2 Å². The maximum Gasteiger partial charge on any atom is 0.327 e. The maximum absolute atomic E-state index is 11.7. The molecule has 3 amide bonds. The summed E-state index contributed by atoms with van der Waals surface area (Å²) in [4.78, 5) is 38.7. The van der Waals surface area contributed by atoms with E-state index in [0.29, 0.717) is 11.7 Å². The van der Waals surface area contributed by atoms with Gasteiger partial charge in [-0.05, 0) is 13.8 Å². The van der Waals surface area contributed by atoms with E-state index in [1.165, 1.54) is 0 Å². The summed E-state index contributed by atoms with van der Waals surface area (Å²) in [6.45, 7) is 3.44. The molecule has 1 heterocycles. The van der Waals surface area contributed by atoms with Crippen LogP contribution in [0.25, 0.3) is 11.4 Å². The molecule has 0 aliphatic carbocycles. The number of benzene rings is 1. The fourth-order valence-corrected chi connectivity index (χ4v) is 1.85. The molecular formula is C16H19N5O4. The zero-order valence-corrected chi connectivity index (χ0v) is 13.9. The lowest BCUT2D eigenvalue weighted by molar-refractivity contribution is -0.141. The van der Waals surface area contributed by atoms with E-state index in [4.69, 9.17) is 4.52 Å². The van der Waals surface area contributed by atoms with Crippen LogP contribution in [0.15, 0.2) is 34.9 Å². The van der Waals surface area contributed by atoms with E-state index >= 15 is 0 Å². The first-order valence-electron chi connectivity index (χ1n) is 7.73. The summed E-state index contributed by atoms with van der Waals surface area (Å²) < 4.78 is 5.08. The van der Waals surface area contributed by atoms with E-state index in [2.05, 4.69) is 20.9 Å². The molecule has 0 spiro atoms. The SMILES string of the molecule is CC(C)NC(=O)C(=O)NNC(=O)CCc1nc(-c2ccccc2)no1. The summed E-state index contributed by atoms with van der Waals surface area (Å²) in [6, 6.07) is 9.11. The number of hydrogen-bond acceptors (Lipinski definition) is 6. The number of nitrogens with one attached hydrogen (secondary N) is 3. The zero-order valence-electron chi connectivity index (χ0n) is 13.9. The monoisotopic (exact) mass is 345 g/mol. The fraction of sp³-hybridized carbons (Fsp3) is 0.312. The third kappa shape index (κ3) is 5.72. The molecule has 3 N–H and O–H groups in total. The van der Waals surface area contributed by atoms with Gasteiger partial charge in [0.15, 0.2) is 0 Å². The third-order valence-electron chi connectivity index (χ3n) is 3.01. The Hall–Kier alpha value is -3.23. The summed E-state index contributed by atoms with van der Waals surface area (Å²) in [7, 11) is 0. The van der Waals surface area contributed by atoms with Crippen LogP contribution < -0.4 is 16.2 Å². The molecule has 0 aliphatic heterocycles. The van der Waals surface area contributed by atoms with Crippen molar-refractivity contribution in [2.45, 2.75) is 32.7 Å². The Morgan fingerprint density at radius 2 is 1.80 bits per heavy atom. The molecule has 0 bridgehead atoms. The van der Waals surface area contributed by atoms with Crippen molar-refractivity contribution < 1.29 is 18.9 Å². The highest BCUT2D eigenvalue weighted by Crippen LogP contribution is 2.15. The number of aromatic nitrogens is 2. The third-order valence-corrected chi connectivity index (χ3v) is 3.01. The minimum atomic E-state index is -0.939. The van der Waals surface area contributed by atoms with E-state index in [1.807, 2.05) is 35.8 Å². The van der Waals surface area contributed by atoms with Crippen LogP contribution >= 0.6 is 0 Å². The molecule has 0 fully saturated rings. The zero-order chi connectivity index (χ0) is 18.2. The second kappa shape index (κ2) is 8.57. The van der Waals surface area contributed by atoms with Crippen LogP contribution in [0, 0.1) is 0 Å². The molecule has 2 rings (SSSR count). The lowest BCUT2D eigenvalue weighted by atomic mass is 10.2. The Kier molecular flexibility index (Phi) is 6.21. The Morgan fingerprint density at radius 3 is 2.48 bits per heavy atom. The summed E-state index contributed by atoms with van der Waals surface area (Å²) >= 11 is 0. The van der Waals surface area contributed by atoms with Crippen molar-refractivity contribution in [3.63, 3.8) is 0 Å². The highest BCUT2D eigenvalue weighted by atomic mass is 16.5. The van der Waals surface area contributed by atoms with Gasteiger partial charge in [-0.2, -0.15) is 4.98 Å². The van der Waals surface area contributed by atoms with E-state index in [0.717, 1.165) is 5.56 Å². The number of amides is 3. The van der Waals surface area contributed by atoms with Gasteiger partial charge in [-0.3, -0.25) is 25.2 Å². The van der Waals surface area contributed by atoms with Gasteiger partial charge in [-0.1, -0.05) is 35.5 Å². The van der Waals surface area contributed by atoms with E-state index in [-0.39, 0.29) is 18.9 Å². The average molecular weight is 345 g/mol. The Balaban J connectivity index is 1.76. The number of aryl methyl sites for hydroxylation is 1. The van der Waals surface area contributed by atoms with Crippen LogP contribution in [0.4, 0.5) is 0 Å². The quantitative estimate of drug-likeness (QED) is 0.530. The van der Waals surface area contributed by atoms with Gasteiger partial charge in [-0.15, -0.1) is 0 Å². The number of nitrogens with zero attached hydrogens (tertiary/aromatic N) is 2. The minimum Gasteiger partial charge on any atom is -0.346 e. The van der Waals surface area contributed by atoms with Crippen molar-refractivity contribution in [2.24, 2.45) is 0 Å². The molecule has 0 radical (unpaired) electrons. The molecule has 9 heteroatoms. The molecule has 0 saturated heterocycles. The maximum atomic E-state index is 11.7. The van der Waals surface area contributed by atoms with Gasteiger partial charge in [-0.25, -0.2) is 0 Å². The van der Waals surface area contributed by atoms with Gasteiger partial charge >= 0.3 is 11.8 Å². The molecule has 1 aromatic heterocycles. The molecule has 0 saturated carbocycles. The number of carbonyl (C=O) groups is 3. The summed E-state index contributed by atoms with van der Waals surface area (Å²) in [5.41, 5.74) is 5.00. The predicted molar refractivity (Wildman–Crippen MR) is 87.6 cm³/mol. The number of hydrazine groups is 1. The Labute approximate surface area is 144 Å². The van der Waals surface area contributed by atoms with Crippen LogP contribution in [-0.4, -0.2) is 33.9 Å². The molecule has 0 atom stereocenters. The average Bonchev–Trinajstić information content (AvgIpc) is 3.07. The first-order valence-corrected chi connectivity index (χ1v) is 7.73. The Morgan fingerprint density at radius 1 is 1.08 bits per heavy atom. The van der Waals surface area contributed by atoms with E-state index in [1.54, 1.807) is 13.8 Å². The molecule has 2 aromatic rings. The van der Waals surface area contributed by atoms with Gasteiger partial charge in [0.1, 0.15) is 0 Å².